The number of imidazole rings is 1. The third-order valence-electron chi connectivity index (χ3n) is 2.83. The SMILES string of the molecule is CC(=O)CC(=O)NCCCn1cnc2ccccc21. The number of aromatic nitrogens is 2. The molecule has 0 saturated heterocycles. The van der Waals surface area contributed by atoms with Crippen molar-refractivity contribution in [3.63, 3.8) is 0 Å². The fourth-order valence-corrected chi connectivity index (χ4v) is 1.95. The van der Waals surface area contributed by atoms with Gasteiger partial charge in [0.2, 0.25) is 5.91 Å². The number of carbonyl (C=O) groups is 2. The summed E-state index contributed by atoms with van der Waals surface area (Å²) in [5, 5.41) is 2.73. The highest BCUT2D eigenvalue weighted by molar-refractivity contribution is 5.96. The standard InChI is InChI=1S/C14H17N3O2/c1-11(18)9-14(19)15-7-4-8-17-10-16-12-5-2-3-6-13(12)17/h2-3,5-6,10H,4,7-9H2,1H3,(H,15,19). The average Bonchev–Trinajstić information content (AvgIpc) is 2.77. The minimum Gasteiger partial charge on any atom is -0.356 e. The van der Waals surface area contributed by atoms with Gasteiger partial charge in [0.15, 0.2) is 0 Å². The predicted octanol–water partition coefficient (Wildman–Crippen LogP) is 1.52. The van der Waals surface area contributed by atoms with E-state index in [1.54, 1.807) is 0 Å². The maximum atomic E-state index is 11.3. The number of nitrogens with one attached hydrogen (secondary N) is 1. The second-order valence-corrected chi connectivity index (χ2v) is 4.51. The van der Waals surface area contributed by atoms with Crippen molar-refractivity contribution in [3.8, 4) is 0 Å². The summed E-state index contributed by atoms with van der Waals surface area (Å²) in [5.41, 5.74) is 2.07. The zero-order valence-corrected chi connectivity index (χ0v) is 10.9. The number of carbonyl (C=O) groups excluding carboxylic acids is 2. The van der Waals surface area contributed by atoms with Crippen LogP contribution in [0.25, 0.3) is 11.0 Å². The molecule has 19 heavy (non-hydrogen) atoms. The monoisotopic (exact) mass is 259 g/mol. The van der Waals surface area contributed by atoms with Crippen molar-refractivity contribution >= 4 is 22.7 Å². The third kappa shape index (κ3) is 3.64. The smallest absolute Gasteiger partial charge is 0.227 e. The molecule has 0 radical (unpaired) electrons. The predicted molar refractivity (Wildman–Crippen MR) is 72.7 cm³/mol. The molecule has 1 aromatic carbocycles. The van der Waals surface area contributed by atoms with Gasteiger partial charge < -0.3 is 9.88 Å². The molecule has 1 heterocycles. The fraction of sp³-hybridized carbons (Fsp3) is 0.357. The van der Waals surface area contributed by atoms with Crippen LogP contribution in [0.4, 0.5) is 0 Å². The maximum Gasteiger partial charge on any atom is 0.227 e. The normalized spacial score (nSPS) is 10.6. The van der Waals surface area contributed by atoms with Gasteiger partial charge in [0, 0.05) is 13.1 Å². The first kappa shape index (κ1) is 13.3. The van der Waals surface area contributed by atoms with Gasteiger partial charge in [-0.25, -0.2) is 4.98 Å². The maximum absolute atomic E-state index is 11.3. The van der Waals surface area contributed by atoms with Crippen LogP contribution in [0.5, 0.6) is 0 Å². The van der Waals surface area contributed by atoms with E-state index in [4.69, 9.17) is 0 Å². The molecule has 0 aliphatic rings. The Morgan fingerprint density at radius 2 is 2.11 bits per heavy atom. The largest absolute Gasteiger partial charge is 0.356 e. The Morgan fingerprint density at radius 3 is 2.89 bits per heavy atom. The van der Waals surface area contributed by atoms with Crippen molar-refractivity contribution in [3.05, 3.63) is 30.6 Å². The Hall–Kier alpha value is -2.17. The first-order chi connectivity index (χ1) is 9.16. The van der Waals surface area contributed by atoms with E-state index < -0.39 is 0 Å². The van der Waals surface area contributed by atoms with Crippen LogP contribution in [-0.2, 0) is 16.1 Å². The minimum atomic E-state index is -0.206. The van der Waals surface area contributed by atoms with Crippen molar-refractivity contribution in [1.29, 1.82) is 0 Å². The van der Waals surface area contributed by atoms with Gasteiger partial charge >= 0.3 is 0 Å². The van der Waals surface area contributed by atoms with Crippen molar-refractivity contribution in [1.82, 2.24) is 14.9 Å². The van der Waals surface area contributed by atoms with Crippen LogP contribution in [0.2, 0.25) is 0 Å². The van der Waals surface area contributed by atoms with Gasteiger partial charge in [-0.3, -0.25) is 9.59 Å². The van der Waals surface area contributed by atoms with Crippen LogP contribution in [0.15, 0.2) is 30.6 Å². The Labute approximate surface area is 111 Å². The van der Waals surface area contributed by atoms with E-state index in [0.29, 0.717) is 6.54 Å². The second-order valence-electron chi connectivity index (χ2n) is 4.51. The number of nitrogens with zero attached hydrogens (tertiary/aromatic N) is 2. The number of rotatable bonds is 6. The molecule has 0 spiro atoms. The number of fused-ring (bicyclic) bond motifs is 1. The van der Waals surface area contributed by atoms with E-state index in [1.165, 1.54) is 6.92 Å². The van der Waals surface area contributed by atoms with Gasteiger partial charge in [-0.1, -0.05) is 12.1 Å². The Bertz CT molecular complexity index is 589. The van der Waals surface area contributed by atoms with E-state index in [0.717, 1.165) is 24.0 Å². The number of ketones is 1. The molecular formula is C14H17N3O2. The van der Waals surface area contributed by atoms with Gasteiger partial charge in [0.25, 0.3) is 0 Å². The number of para-hydroxylation sites is 2. The van der Waals surface area contributed by atoms with Gasteiger partial charge in [0.1, 0.15) is 5.78 Å². The number of hydrogen-bond acceptors (Lipinski definition) is 3. The summed E-state index contributed by atoms with van der Waals surface area (Å²) >= 11 is 0. The average molecular weight is 259 g/mol. The minimum absolute atomic E-state index is 0.0337. The van der Waals surface area contributed by atoms with Gasteiger partial charge in [0.05, 0.1) is 23.8 Å². The van der Waals surface area contributed by atoms with Crippen LogP contribution in [0.3, 0.4) is 0 Å². The molecule has 0 atom stereocenters. The summed E-state index contributed by atoms with van der Waals surface area (Å²) in [4.78, 5) is 26.3. The highest BCUT2D eigenvalue weighted by Gasteiger charge is 2.04. The lowest BCUT2D eigenvalue weighted by atomic mass is 10.3. The second kappa shape index (κ2) is 6.13. The molecule has 2 aromatic rings. The zero-order chi connectivity index (χ0) is 13.7. The Kier molecular flexibility index (Phi) is 4.28. The van der Waals surface area contributed by atoms with Crippen molar-refractivity contribution < 1.29 is 9.59 Å². The molecule has 1 aromatic heterocycles. The third-order valence-corrected chi connectivity index (χ3v) is 2.83. The quantitative estimate of drug-likeness (QED) is 0.632. The van der Waals surface area contributed by atoms with E-state index in [-0.39, 0.29) is 18.1 Å². The molecule has 2 rings (SSSR count). The number of aryl methyl sites for hydroxylation is 1. The first-order valence-corrected chi connectivity index (χ1v) is 6.33. The molecule has 0 bridgehead atoms. The summed E-state index contributed by atoms with van der Waals surface area (Å²) in [6.07, 6.45) is 2.58. The first-order valence-electron chi connectivity index (χ1n) is 6.33. The number of Topliss-reactive ketones (excluding diaryl/α,β-unsaturated/α-hetero) is 1. The summed E-state index contributed by atoms with van der Waals surface area (Å²) in [6.45, 7) is 2.77. The van der Waals surface area contributed by atoms with Crippen LogP contribution in [0.1, 0.15) is 19.8 Å². The Balaban J connectivity index is 1.80. The Morgan fingerprint density at radius 1 is 1.32 bits per heavy atom. The highest BCUT2D eigenvalue weighted by atomic mass is 16.2. The van der Waals surface area contributed by atoms with Crippen LogP contribution in [0, 0.1) is 0 Å². The van der Waals surface area contributed by atoms with Crippen molar-refractivity contribution in [2.45, 2.75) is 26.3 Å². The van der Waals surface area contributed by atoms with Crippen molar-refractivity contribution in [2.75, 3.05) is 6.54 Å². The van der Waals surface area contributed by atoms with Crippen LogP contribution >= 0.6 is 0 Å². The van der Waals surface area contributed by atoms with E-state index in [2.05, 4.69) is 14.9 Å². The molecule has 1 amide bonds. The lowest BCUT2D eigenvalue weighted by molar-refractivity contribution is -0.127. The lowest BCUT2D eigenvalue weighted by Crippen LogP contribution is -2.26. The van der Waals surface area contributed by atoms with Crippen LogP contribution in [-0.4, -0.2) is 27.8 Å². The molecule has 0 unspecified atom stereocenters. The zero-order valence-electron chi connectivity index (χ0n) is 10.9. The molecular weight excluding hydrogens is 242 g/mol. The lowest BCUT2D eigenvalue weighted by Gasteiger charge is -2.05. The van der Waals surface area contributed by atoms with Gasteiger partial charge in [-0.15, -0.1) is 0 Å². The van der Waals surface area contributed by atoms with Gasteiger partial charge in [-0.05, 0) is 25.5 Å². The summed E-state index contributed by atoms with van der Waals surface area (Å²) in [7, 11) is 0. The van der Waals surface area contributed by atoms with Gasteiger partial charge in [-0.2, -0.15) is 0 Å². The fourth-order valence-electron chi connectivity index (χ4n) is 1.95. The summed E-state index contributed by atoms with van der Waals surface area (Å²) in [5.74, 6) is -0.318. The molecule has 1 N–H and O–H groups in total. The molecule has 0 saturated carbocycles. The van der Waals surface area contributed by atoms with E-state index in [9.17, 15) is 9.59 Å². The molecule has 5 heteroatoms. The molecule has 100 valence electrons. The topological polar surface area (TPSA) is 64.0 Å². The molecule has 0 aliphatic carbocycles. The molecule has 0 fully saturated rings. The number of hydrogen-bond donors (Lipinski definition) is 1. The summed E-state index contributed by atoms with van der Waals surface area (Å²) in [6, 6.07) is 7.94. The van der Waals surface area contributed by atoms with Crippen LogP contribution < -0.4 is 5.32 Å². The van der Waals surface area contributed by atoms with E-state index in [1.807, 2.05) is 30.6 Å². The summed E-state index contributed by atoms with van der Waals surface area (Å²) < 4.78 is 2.06. The molecule has 5 nitrogen and oxygen atoms in total. The number of benzene rings is 1. The number of amides is 1. The van der Waals surface area contributed by atoms with Crippen molar-refractivity contribution in [2.24, 2.45) is 0 Å². The molecule has 0 aliphatic heterocycles. The van der Waals surface area contributed by atoms with E-state index >= 15 is 0 Å². The highest BCUT2D eigenvalue weighted by Crippen LogP contribution is 2.11.